The highest BCUT2D eigenvalue weighted by Crippen LogP contribution is 2.23. The third kappa shape index (κ3) is 3.66. The van der Waals surface area contributed by atoms with E-state index in [1.165, 1.54) is 0 Å². The van der Waals surface area contributed by atoms with Gasteiger partial charge in [0, 0.05) is 24.0 Å². The summed E-state index contributed by atoms with van der Waals surface area (Å²) in [5, 5.41) is 7.21. The van der Waals surface area contributed by atoms with Crippen LogP contribution in [-0.4, -0.2) is 21.7 Å². The highest BCUT2D eigenvalue weighted by molar-refractivity contribution is 6.01. The van der Waals surface area contributed by atoms with Crippen LogP contribution < -0.4 is 5.32 Å². The molecule has 0 saturated carbocycles. The number of aromatic nitrogens is 2. The number of nitrogens with zero attached hydrogens (tertiary/aromatic N) is 2. The second-order valence-electron chi connectivity index (χ2n) is 5.51. The van der Waals surface area contributed by atoms with Gasteiger partial charge in [0.25, 0.3) is 5.91 Å². The molecule has 0 bridgehead atoms. The normalized spacial score (nSPS) is 11.9. The third-order valence-electron chi connectivity index (χ3n) is 3.65. The lowest BCUT2D eigenvalue weighted by atomic mass is 9.99. The number of benzene rings is 2. The lowest BCUT2D eigenvalue weighted by Gasteiger charge is -2.16. The van der Waals surface area contributed by atoms with Gasteiger partial charge < -0.3 is 5.32 Å². The molecule has 3 aromatic rings. The molecule has 23 heavy (non-hydrogen) atoms. The summed E-state index contributed by atoms with van der Waals surface area (Å²) in [6.45, 7) is 2.62. The van der Waals surface area contributed by atoms with Gasteiger partial charge in [0.1, 0.15) is 0 Å². The first kappa shape index (κ1) is 15.0. The van der Waals surface area contributed by atoms with Gasteiger partial charge in [-0.3, -0.25) is 9.48 Å². The van der Waals surface area contributed by atoms with Crippen molar-refractivity contribution < 1.29 is 4.79 Å². The molecule has 1 heterocycles. The van der Waals surface area contributed by atoms with Crippen LogP contribution in [0.4, 0.5) is 0 Å². The van der Waals surface area contributed by atoms with E-state index in [4.69, 9.17) is 0 Å². The van der Waals surface area contributed by atoms with Crippen LogP contribution in [0.2, 0.25) is 0 Å². The Hall–Kier alpha value is -2.88. The van der Waals surface area contributed by atoms with Crippen molar-refractivity contribution >= 4 is 5.91 Å². The zero-order chi connectivity index (χ0) is 16.1. The van der Waals surface area contributed by atoms with Crippen molar-refractivity contribution in [1.82, 2.24) is 15.1 Å². The van der Waals surface area contributed by atoms with Crippen molar-refractivity contribution in [2.75, 3.05) is 0 Å². The van der Waals surface area contributed by atoms with E-state index >= 15 is 0 Å². The summed E-state index contributed by atoms with van der Waals surface area (Å²) in [4.78, 5) is 12.6. The number of carbonyl (C=O) groups excluding carboxylic acids is 1. The summed E-state index contributed by atoms with van der Waals surface area (Å²) in [6.07, 6.45) is 3.62. The minimum atomic E-state index is -0.0656. The van der Waals surface area contributed by atoms with E-state index in [0.29, 0.717) is 12.1 Å². The standard InChI is InChI=1S/C19H19N3O/c1-15(14-22-13-7-12-20-22)21-19(23)18-11-6-5-10-17(18)16-8-3-2-4-9-16/h2-13,15H,14H2,1H3,(H,21,23)/t15-/m1/s1. The van der Waals surface area contributed by atoms with E-state index < -0.39 is 0 Å². The lowest BCUT2D eigenvalue weighted by Crippen LogP contribution is -2.36. The summed E-state index contributed by atoms with van der Waals surface area (Å²) < 4.78 is 1.81. The van der Waals surface area contributed by atoms with Gasteiger partial charge in [0.05, 0.1) is 6.54 Å². The van der Waals surface area contributed by atoms with Crippen molar-refractivity contribution in [3.05, 3.63) is 78.6 Å². The van der Waals surface area contributed by atoms with Crippen LogP contribution in [0.1, 0.15) is 17.3 Å². The van der Waals surface area contributed by atoms with Crippen molar-refractivity contribution in [1.29, 1.82) is 0 Å². The Bertz CT molecular complexity index is 766. The maximum absolute atomic E-state index is 12.6. The molecule has 2 aromatic carbocycles. The number of amides is 1. The zero-order valence-corrected chi connectivity index (χ0v) is 13.0. The van der Waals surface area contributed by atoms with Crippen LogP contribution in [0.5, 0.6) is 0 Å². The molecule has 0 fully saturated rings. The molecule has 0 aliphatic rings. The van der Waals surface area contributed by atoms with Crippen molar-refractivity contribution in [2.45, 2.75) is 19.5 Å². The van der Waals surface area contributed by atoms with E-state index in [9.17, 15) is 4.79 Å². The summed E-state index contributed by atoms with van der Waals surface area (Å²) in [5.74, 6) is -0.0656. The Morgan fingerprint density at radius 2 is 1.83 bits per heavy atom. The first-order valence-electron chi connectivity index (χ1n) is 7.67. The Labute approximate surface area is 135 Å². The van der Waals surface area contributed by atoms with Crippen LogP contribution in [0.25, 0.3) is 11.1 Å². The summed E-state index contributed by atoms with van der Waals surface area (Å²) >= 11 is 0. The molecule has 1 atom stereocenters. The second-order valence-corrected chi connectivity index (χ2v) is 5.51. The SMILES string of the molecule is C[C@H](Cn1cccn1)NC(=O)c1ccccc1-c1ccccc1. The van der Waals surface area contributed by atoms with Crippen molar-refractivity contribution in [2.24, 2.45) is 0 Å². The number of carbonyl (C=O) groups is 1. The molecular weight excluding hydrogens is 286 g/mol. The maximum Gasteiger partial charge on any atom is 0.252 e. The molecule has 0 unspecified atom stereocenters. The van der Waals surface area contributed by atoms with Crippen LogP contribution in [0.15, 0.2) is 73.1 Å². The minimum absolute atomic E-state index is 0.00812. The van der Waals surface area contributed by atoms with Crippen LogP contribution in [0.3, 0.4) is 0 Å². The molecule has 1 N–H and O–H groups in total. The largest absolute Gasteiger partial charge is 0.348 e. The number of rotatable bonds is 5. The summed E-state index contributed by atoms with van der Waals surface area (Å²) in [6, 6.07) is 19.5. The Kier molecular flexibility index (Phi) is 4.52. The van der Waals surface area contributed by atoms with Crippen molar-refractivity contribution in [3.63, 3.8) is 0 Å². The van der Waals surface area contributed by atoms with Gasteiger partial charge >= 0.3 is 0 Å². The highest BCUT2D eigenvalue weighted by Gasteiger charge is 2.14. The fraction of sp³-hybridized carbons (Fsp3) is 0.158. The van der Waals surface area contributed by atoms with Crippen LogP contribution >= 0.6 is 0 Å². The molecule has 0 radical (unpaired) electrons. The van der Waals surface area contributed by atoms with Gasteiger partial charge in [0.15, 0.2) is 0 Å². The van der Waals surface area contributed by atoms with Crippen molar-refractivity contribution in [3.8, 4) is 11.1 Å². The van der Waals surface area contributed by atoms with E-state index in [-0.39, 0.29) is 11.9 Å². The molecule has 1 aromatic heterocycles. The molecule has 0 aliphatic carbocycles. The maximum atomic E-state index is 12.6. The third-order valence-corrected chi connectivity index (χ3v) is 3.65. The summed E-state index contributed by atoms with van der Waals surface area (Å²) in [5.41, 5.74) is 2.67. The Morgan fingerprint density at radius 1 is 1.09 bits per heavy atom. The highest BCUT2D eigenvalue weighted by atomic mass is 16.1. The van der Waals surface area contributed by atoms with E-state index in [1.54, 1.807) is 6.20 Å². The van der Waals surface area contributed by atoms with E-state index in [0.717, 1.165) is 11.1 Å². The van der Waals surface area contributed by atoms with E-state index in [2.05, 4.69) is 10.4 Å². The van der Waals surface area contributed by atoms with Gasteiger partial charge in [0.2, 0.25) is 0 Å². The smallest absolute Gasteiger partial charge is 0.252 e. The number of nitrogens with one attached hydrogen (secondary N) is 1. The van der Waals surface area contributed by atoms with Gasteiger partial charge in [-0.2, -0.15) is 5.10 Å². The molecule has 4 nitrogen and oxygen atoms in total. The Morgan fingerprint density at radius 3 is 2.57 bits per heavy atom. The number of hydrogen-bond acceptors (Lipinski definition) is 2. The topological polar surface area (TPSA) is 46.9 Å². The lowest BCUT2D eigenvalue weighted by molar-refractivity contribution is 0.0936. The molecule has 4 heteroatoms. The number of hydrogen-bond donors (Lipinski definition) is 1. The molecule has 0 aliphatic heterocycles. The molecular formula is C19H19N3O. The fourth-order valence-corrected chi connectivity index (χ4v) is 2.59. The predicted molar refractivity (Wildman–Crippen MR) is 91.0 cm³/mol. The average Bonchev–Trinajstić information content (AvgIpc) is 3.08. The van der Waals surface area contributed by atoms with Gasteiger partial charge in [-0.25, -0.2) is 0 Å². The van der Waals surface area contributed by atoms with Gasteiger partial charge in [-0.1, -0.05) is 48.5 Å². The minimum Gasteiger partial charge on any atom is -0.348 e. The first-order chi connectivity index (χ1) is 11.2. The zero-order valence-electron chi connectivity index (χ0n) is 13.0. The average molecular weight is 305 g/mol. The second kappa shape index (κ2) is 6.92. The van der Waals surface area contributed by atoms with Crippen LogP contribution in [-0.2, 0) is 6.54 Å². The molecule has 0 spiro atoms. The van der Waals surface area contributed by atoms with Gasteiger partial charge in [-0.15, -0.1) is 0 Å². The first-order valence-corrected chi connectivity index (χ1v) is 7.67. The summed E-state index contributed by atoms with van der Waals surface area (Å²) in [7, 11) is 0. The quantitative estimate of drug-likeness (QED) is 0.785. The molecule has 116 valence electrons. The van der Waals surface area contributed by atoms with E-state index in [1.807, 2.05) is 78.5 Å². The molecule has 1 amide bonds. The monoisotopic (exact) mass is 305 g/mol. The van der Waals surface area contributed by atoms with Gasteiger partial charge in [-0.05, 0) is 30.2 Å². The predicted octanol–water partition coefficient (Wildman–Crippen LogP) is 3.37. The van der Waals surface area contributed by atoms with Crippen LogP contribution in [0, 0.1) is 0 Å². The molecule has 0 saturated heterocycles. The Balaban J connectivity index is 1.77. The fourth-order valence-electron chi connectivity index (χ4n) is 2.59. The molecule has 3 rings (SSSR count).